The van der Waals surface area contributed by atoms with Gasteiger partial charge in [0.25, 0.3) is 0 Å². The molecule has 4 rings (SSSR count). The Morgan fingerprint density at radius 2 is 2.06 bits per heavy atom. The fourth-order valence-electron chi connectivity index (χ4n) is 3.96. The molecule has 7 heteroatoms. The molecule has 1 aromatic carbocycles. The van der Waals surface area contributed by atoms with Crippen LogP contribution in [-0.2, 0) is 35.5 Å². The maximum atomic E-state index is 12.8. The van der Waals surface area contributed by atoms with Crippen LogP contribution in [0.5, 0.6) is 5.75 Å². The zero-order chi connectivity index (χ0) is 23.2. The number of carbonyl (C=O) groups excluding carboxylic acids is 2. The van der Waals surface area contributed by atoms with Gasteiger partial charge in [-0.2, -0.15) is 11.3 Å². The summed E-state index contributed by atoms with van der Waals surface area (Å²) in [6.07, 6.45) is 6.41. The van der Waals surface area contributed by atoms with Gasteiger partial charge in [-0.05, 0) is 76.2 Å². The van der Waals surface area contributed by atoms with Crippen molar-refractivity contribution in [1.82, 2.24) is 15.2 Å². The molecule has 0 saturated heterocycles. The summed E-state index contributed by atoms with van der Waals surface area (Å²) in [5.41, 5.74) is 6.19. The third-order valence-electron chi connectivity index (χ3n) is 5.85. The molecule has 33 heavy (non-hydrogen) atoms. The van der Waals surface area contributed by atoms with Gasteiger partial charge in [0.2, 0.25) is 11.8 Å². The molecule has 2 amide bonds. The van der Waals surface area contributed by atoms with Crippen LogP contribution in [0, 0.1) is 6.92 Å². The Hall–Kier alpha value is -3.45. The van der Waals surface area contributed by atoms with E-state index in [1.165, 1.54) is 5.56 Å². The molecule has 0 saturated carbocycles. The zero-order valence-corrected chi connectivity index (χ0v) is 19.7. The number of aryl methyl sites for hydroxylation is 1. The van der Waals surface area contributed by atoms with Gasteiger partial charge in [0.05, 0.1) is 13.5 Å². The maximum absolute atomic E-state index is 12.8. The summed E-state index contributed by atoms with van der Waals surface area (Å²) in [4.78, 5) is 31.5. The van der Waals surface area contributed by atoms with Crippen LogP contribution in [0.25, 0.3) is 6.08 Å². The maximum Gasteiger partial charge on any atom is 0.246 e. The van der Waals surface area contributed by atoms with E-state index >= 15 is 0 Å². The Morgan fingerprint density at radius 3 is 2.79 bits per heavy atom. The number of nitrogens with one attached hydrogen (secondary N) is 1. The number of benzene rings is 1. The number of carbonyl (C=O) groups is 2. The number of fused-ring (bicyclic) bond motifs is 1. The highest BCUT2D eigenvalue weighted by atomic mass is 32.1. The highest BCUT2D eigenvalue weighted by Gasteiger charge is 2.23. The number of nitrogens with zero attached hydrogens (tertiary/aromatic N) is 2. The molecule has 1 N–H and O–H groups in total. The number of hydrogen-bond acceptors (Lipinski definition) is 5. The molecule has 0 aliphatic carbocycles. The minimum Gasteiger partial charge on any atom is -0.497 e. The Balaban J connectivity index is 1.39. The largest absolute Gasteiger partial charge is 0.497 e. The molecule has 0 atom stereocenters. The molecular weight excluding hydrogens is 434 g/mol. The van der Waals surface area contributed by atoms with Crippen LogP contribution in [0.3, 0.4) is 0 Å². The van der Waals surface area contributed by atoms with Gasteiger partial charge in [-0.15, -0.1) is 0 Å². The van der Waals surface area contributed by atoms with Crippen LogP contribution in [0.15, 0.2) is 53.4 Å². The summed E-state index contributed by atoms with van der Waals surface area (Å²) < 4.78 is 5.17. The van der Waals surface area contributed by atoms with Gasteiger partial charge in [-0.3, -0.25) is 14.6 Å². The molecule has 1 aliphatic heterocycles. The van der Waals surface area contributed by atoms with E-state index in [0.717, 1.165) is 40.1 Å². The van der Waals surface area contributed by atoms with Crippen molar-refractivity contribution in [3.05, 3.63) is 86.9 Å². The smallest absolute Gasteiger partial charge is 0.246 e. The number of methoxy groups -OCH3 is 1. The van der Waals surface area contributed by atoms with Gasteiger partial charge < -0.3 is 15.0 Å². The van der Waals surface area contributed by atoms with Crippen molar-refractivity contribution < 1.29 is 14.3 Å². The Kier molecular flexibility index (Phi) is 7.19. The summed E-state index contributed by atoms with van der Waals surface area (Å²) >= 11 is 1.59. The molecule has 0 unspecified atom stereocenters. The highest BCUT2D eigenvalue weighted by molar-refractivity contribution is 7.08. The minimum atomic E-state index is -0.0253. The molecule has 0 bridgehead atoms. The van der Waals surface area contributed by atoms with Crippen LogP contribution in [0.1, 0.15) is 33.5 Å². The van der Waals surface area contributed by atoms with Crippen LogP contribution < -0.4 is 10.1 Å². The van der Waals surface area contributed by atoms with Gasteiger partial charge in [-0.1, -0.05) is 12.1 Å². The molecule has 0 spiro atoms. The zero-order valence-electron chi connectivity index (χ0n) is 18.8. The van der Waals surface area contributed by atoms with Crippen LogP contribution in [-0.4, -0.2) is 35.4 Å². The Labute approximate surface area is 197 Å². The van der Waals surface area contributed by atoms with Crippen molar-refractivity contribution in [2.24, 2.45) is 0 Å². The predicted molar refractivity (Wildman–Crippen MR) is 130 cm³/mol. The summed E-state index contributed by atoms with van der Waals surface area (Å²) in [5, 5.41) is 7.00. The molecule has 0 radical (unpaired) electrons. The first kappa shape index (κ1) is 22.7. The molecule has 170 valence electrons. The van der Waals surface area contributed by atoms with E-state index < -0.39 is 0 Å². The Bertz CT molecular complexity index is 1150. The first-order chi connectivity index (χ1) is 16.0. The molecule has 1 aliphatic rings. The molecule has 3 heterocycles. The number of pyridine rings is 1. The van der Waals surface area contributed by atoms with E-state index in [2.05, 4.69) is 10.3 Å². The van der Waals surface area contributed by atoms with E-state index in [4.69, 9.17) is 4.74 Å². The molecule has 0 fully saturated rings. The average molecular weight is 462 g/mol. The SMILES string of the molecule is COc1ccc(/C=C/C(=O)N2CCc3c(cnc(C)c3CNC(=O)Cc3ccsc3)C2)cc1. The van der Waals surface area contributed by atoms with E-state index in [9.17, 15) is 9.59 Å². The number of amides is 2. The lowest BCUT2D eigenvalue weighted by atomic mass is 9.94. The highest BCUT2D eigenvalue weighted by Crippen LogP contribution is 2.24. The summed E-state index contributed by atoms with van der Waals surface area (Å²) in [7, 11) is 1.63. The van der Waals surface area contributed by atoms with Crippen LogP contribution >= 0.6 is 11.3 Å². The standard InChI is InChI=1S/C26H27N3O3S/c1-18-24(15-28-25(30)13-20-10-12-33-17-20)23-9-11-29(16-21(23)14-27-18)26(31)8-5-19-3-6-22(32-2)7-4-19/h3-8,10,12,14,17H,9,11,13,15-16H2,1-2H3,(H,28,30)/b8-5+. The topological polar surface area (TPSA) is 71.5 Å². The molecule has 3 aromatic rings. The van der Waals surface area contributed by atoms with E-state index in [1.807, 2.05) is 65.2 Å². The molecular formula is C26H27N3O3S. The monoisotopic (exact) mass is 461 g/mol. The third-order valence-corrected chi connectivity index (χ3v) is 6.58. The summed E-state index contributed by atoms with van der Waals surface area (Å²) in [5.74, 6) is 0.761. The molecule has 2 aromatic heterocycles. The van der Waals surface area contributed by atoms with Crippen molar-refractivity contribution in [3.63, 3.8) is 0 Å². The number of thiophene rings is 1. The first-order valence-electron chi connectivity index (χ1n) is 10.9. The van der Waals surface area contributed by atoms with Gasteiger partial charge in [0, 0.05) is 37.6 Å². The lowest BCUT2D eigenvalue weighted by molar-refractivity contribution is -0.126. The fourth-order valence-corrected chi connectivity index (χ4v) is 4.63. The Morgan fingerprint density at radius 1 is 1.24 bits per heavy atom. The predicted octanol–water partition coefficient (Wildman–Crippen LogP) is 3.92. The average Bonchev–Trinajstić information content (AvgIpc) is 3.35. The number of aromatic nitrogens is 1. The first-order valence-corrected chi connectivity index (χ1v) is 11.8. The third kappa shape index (κ3) is 5.68. The number of rotatable bonds is 7. The van der Waals surface area contributed by atoms with Crippen molar-refractivity contribution in [2.75, 3.05) is 13.7 Å². The van der Waals surface area contributed by atoms with Gasteiger partial charge in [-0.25, -0.2) is 0 Å². The van der Waals surface area contributed by atoms with Crippen molar-refractivity contribution in [1.29, 1.82) is 0 Å². The number of hydrogen-bond donors (Lipinski definition) is 1. The van der Waals surface area contributed by atoms with Gasteiger partial charge in [0.1, 0.15) is 5.75 Å². The fraction of sp³-hybridized carbons (Fsp3) is 0.269. The van der Waals surface area contributed by atoms with Crippen LogP contribution in [0.4, 0.5) is 0 Å². The second kappa shape index (κ2) is 10.4. The van der Waals surface area contributed by atoms with Crippen molar-refractivity contribution in [2.45, 2.75) is 32.9 Å². The van der Waals surface area contributed by atoms with Crippen molar-refractivity contribution in [3.8, 4) is 5.75 Å². The van der Waals surface area contributed by atoms with Gasteiger partial charge >= 0.3 is 0 Å². The van der Waals surface area contributed by atoms with E-state index in [1.54, 1.807) is 24.5 Å². The van der Waals surface area contributed by atoms with Crippen molar-refractivity contribution >= 4 is 29.2 Å². The van der Waals surface area contributed by atoms with E-state index in [0.29, 0.717) is 26.1 Å². The summed E-state index contributed by atoms with van der Waals surface area (Å²) in [6.45, 7) is 3.58. The summed E-state index contributed by atoms with van der Waals surface area (Å²) in [6, 6.07) is 9.54. The van der Waals surface area contributed by atoms with Crippen LogP contribution in [0.2, 0.25) is 0 Å². The second-order valence-corrected chi connectivity index (χ2v) is 8.81. The van der Waals surface area contributed by atoms with E-state index in [-0.39, 0.29) is 11.8 Å². The lowest BCUT2D eigenvalue weighted by Crippen LogP contribution is -2.36. The minimum absolute atomic E-state index is 0.00156. The normalized spacial score (nSPS) is 13.1. The second-order valence-electron chi connectivity index (χ2n) is 8.03. The quantitative estimate of drug-likeness (QED) is 0.542. The molecule has 6 nitrogen and oxygen atoms in total. The van der Waals surface area contributed by atoms with Gasteiger partial charge in [0.15, 0.2) is 0 Å². The number of ether oxygens (including phenoxy) is 1. The lowest BCUT2D eigenvalue weighted by Gasteiger charge is -2.30.